The van der Waals surface area contributed by atoms with Gasteiger partial charge in [-0.2, -0.15) is 0 Å². The third kappa shape index (κ3) is 3.40. The Morgan fingerprint density at radius 3 is 2.27 bits per heavy atom. The predicted molar refractivity (Wildman–Crippen MR) is 86.0 cm³/mol. The number of aromatic hydroxyl groups is 1. The maximum absolute atomic E-state index is 12.1. The molecule has 0 unspecified atom stereocenters. The number of carbonyl (C=O) groups is 1. The molecule has 4 nitrogen and oxygen atoms in total. The lowest BCUT2D eigenvalue weighted by atomic mass is 10.1. The zero-order valence-corrected chi connectivity index (χ0v) is 12.9. The second-order valence-corrected chi connectivity index (χ2v) is 4.86. The zero-order chi connectivity index (χ0) is 16.1. The average Bonchev–Trinajstić information content (AvgIpc) is 2.54. The maximum Gasteiger partial charge on any atom is 0.200 e. The Morgan fingerprint density at radius 1 is 1.14 bits per heavy atom. The summed E-state index contributed by atoms with van der Waals surface area (Å²) in [5.74, 6) is 0.240. The highest BCUT2D eigenvalue weighted by Gasteiger charge is 2.11. The van der Waals surface area contributed by atoms with E-state index >= 15 is 0 Å². The predicted octanol–water partition coefficient (Wildman–Crippen LogP) is 3.96. The highest BCUT2D eigenvalue weighted by Crippen LogP contribution is 2.37. The van der Waals surface area contributed by atoms with E-state index in [-0.39, 0.29) is 23.0 Å². The van der Waals surface area contributed by atoms with Gasteiger partial charge in [-0.1, -0.05) is 29.8 Å². The lowest BCUT2D eigenvalue weighted by Gasteiger charge is -2.09. The quantitative estimate of drug-likeness (QED) is 0.669. The van der Waals surface area contributed by atoms with Gasteiger partial charge in [-0.3, -0.25) is 4.79 Å². The summed E-state index contributed by atoms with van der Waals surface area (Å²) >= 11 is 5.99. The second-order valence-electron chi connectivity index (χ2n) is 4.45. The van der Waals surface area contributed by atoms with Gasteiger partial charge in [0.15, 0.2) is 17.3 Å². The lowest BCUT2D eigenvalue weighted by molar-refractivity contribution is 0.104. The molecule has 0 spiro atoms. The smallest absolute Gasteiger partial charge is 0.200 e. The fourth-order valence-corrected chi connectivity index (χ4v) is 2.16. The van der Waals surface area contributed by atoms with Crippen LogP contribution in [0.3, 0.4) is 0 Å². The van der Waals surface area contributed by atoms with Gasteiger partial charge in [-0.25, -0.2) is 0 Å². The summed E-state index contributed by atoms with van der Waals surface area (Å²) in [5, 5.41) is 10.2. The summed E-state index contributed by atoms with van der Waals surface area (Å²) in [6.07, 6.45) is 3.02. The average molecular weight is 319 g/mol. The van der Waals surface area contributed by atoms with E-state index in [4.69, 9.17) is 21.1 Å². The first-order valence-electron chi connectivity index (χ1n) is 6.48. The van der Waals surface area contributed by atoms with Crippen LogP contribution in [0.5, 0.6) is 17.2 Å². The molecule has 0 aliphatic carbocycles. The third-order valence-electron chi connectivity index (χ3n) is 3.07. The Bertz CT molecular complexity index is 697. The van der Waals surface area contributed by atoms with Crippen LogP contribution in [-0.4, -0.2) is 25.1 Å². The number of phenolic OH excluding ortho intramolecular Hbond substituents is 1. The highest BCUT2D eigenvalue weighted by atomic mass is 35.5. The second kappa shape index (κ2) is 7.00. The largest absolute Gasteiger partial charge is 0.502 e. The van der Waals surface area contributed by atoms with Crippen LogP contribution in [0, 0.1) is 0 Å². The molecule has 2 aromatic rings. The molecular formula is C17H15ClO4. The number of phenols is 1. The van der Waals surface area contributed by atoms with Crippen LogP contribution in [0.1, 0.15) is 15.9 Å². The fraction of sp³-hybridized carbons (Fsp3) is 0.118. The minimum Gasteiger partial charge on any atom is -0.502 e. The van der Waals surface area contributed by atoms with Crippen molar-refractivity contribution in [1.29, 1.82) is 0 Å². The number of allylic oxidation sites excluding steroid dienone is 1. The Kier molecular flexibility index (Phi) is 5.07. The van der Waals surface area contributed by atoms with Crippen LogP contribution in [0.4, 0.5) is 0 Å². The molecule has 0 fully saturated rings. The van der Waals surface area contributed by atoms with E-state index in [1.807, 2.05) is 0 Å². The number of ketones is 1. The van der Waals surface area contributed by atoms with Gasteiger partial charge in [-0.15, -0.1) is 0 Å². The van der Waals surface area contributed by atoms with Crippen molar-refractivity contribution in [3.63, 3.8) is 0 Å². The maximum atomic E-state index is 12.1. The first-order chi connectivity index (χ1) is 10.6. The summed E-state index contributed by atoms with van der Waals surface area (Å²) < 4.78 is 10.1. The van der Waals surface area contributed by atoms with E-state index < -0.39 is 0 Å². The standard InChI is InChI=1S/C17H15ClO4/c1-21-15-9-11(10-16(22-2)17(15)20)7-8-14(19)12-5-3-4-6-13(12)18/h3-10,20H,1-2H3/b8-7+. The normalized spacial score (nSPS) is 10.7. The van der Waals surface area contributed by atoms with Crippen molar-refractivity contribution >= 4 is 23.5 Å². The number of hydrogen-bond acceptors (Lipinski definition) is 4. The minimum atomic E-state index is -0.211. The summed E-state index contributed by atoms with van der Waals surface area (Å²) in [4.78, 5) is 12.1. The highest BCUT2D eigenvalue weighted by molar-refractivity contribution is 6.34. The van der Waals surface area contributed by atoms with E-state index in [9.17, 15) is 9.90 Å². The van der Waals surface area contributed by atoms with Crippen molar-refractivity contribution in [3.8, 4) is 17.2 Å². The first kappa shape index (κ1) is 15.9. The molecule has 0 bridgehead atoms. The summed E-state index contributed by atoms with van der Waals surface area (Å²) in [6, 6.07) is 10.0. The summed E-state index contributed by atoms with van der Waals surface area (Å²) in [7, 11) is 2.88. The van der Waals surface area contributed by atoms with Crippen molar-refractivity contribution in [2.75, 3.05) is 14.2 Å². The Labute approximate surface area is 133 Å². The molecule has 1 N–H and O–H groups in total. The van der Waals surface area contributed by atoms with Gasteiger partial charge in [0.05, 0.1) is 19.2 Å². The van der Waals surface area contributed by atoms with Crippen molar-refractivity contribution < 1.29 is 19.4 Å². The molecular weight excluding hydrogens is 304 g/mol. The monoisotopic (exact) mass is 318 g/mol. The number of ether oxygens (including phenoxy) is 2. The zero-order valence-electron chi connectivity index (χ0n) is 12.2. The molecule has 0 saturated carbocycles. The number of carbonyl (C=O) groups excluding carboxylic acids is 1. The number of rotatable bonds is 5. The molecule has 0 radical (unpaired) electrons. The van der Waals surface area contributed by atoms with Crippen molar-refractivity contribution in [1.82, 2.24) is 0 Å². The van der Waals surface area contributed by atoms with E-state index in [0.717, 1.165) is 0 Å². The summed E-state index contributed by atoms with van der Waals surface area (Å²) in [6.45, 7) is 0. The Balaban J connectivity index is 2.30. The number of halogens is 1. The number of benzene rings is 2. The van der Waals surface area contributed by atoms with Crippen LogP contribution in [0.15, 0.2) is 42.5 Å². The third-order valence-corrected chi connectivity index (χ3v) is 3.40. The van der Waals surface area contributed by atoms with E-state index in [1.54, 1.807) is 42.5 Å². The van der Waals surface area contributed by atoms with Crippen LogP contribution in [0.25, 0.3) is 6.08 Å². The van der Waals surface area contributed by atoms with Gasteiger partial charge in [0.25, 0.3) is 0 Å². The van der Waals surface area contributed by atoms with Crippen molar-refractivity contribution in [2.45, 2.75) is 0 Å². The van der Waals surface area contributed by atoms with Gasteiger partial charge in [0.1, 0.15) is 0 Å². The molecule has 0 aromatic heterocycles. The van der Waals surface area contributed by atoms with E-state index in [2.05, 4.69) is 0 Å². The lowest BCUT2D eigenvalue weighted by Crippen LogP contribution is -1.95. The number of hydrogen-bond donors (Lipinski definition) is 1. The fourth-order valence-electron chi connectivity index (χ4n) is 1.93. The first-order valence-corrected chi connectivity index (χ1v) is 6.86. The van der Waals surface area contributed by atoms with E-state index in [0.29, 0.717) is 16.1 Å². The SMILES string of the molecule is COc1cc(/C=C/C(=O)c2ccccc2Cl)cc(OC)c1O. The van der Waals surface area contributed by atoms with Gasteiger partial charge in [0, 0.05) is 5.56 Å². The van der Waals surface area contributed by atoms with Gasteiger partial charge < -0.3 is 14.6 Å². The molecule has 2 aromatic carbocycles. The molecule has 0 atom stereocenters. The van der Waals surface area contributed by atoms with E-state index in [1.165, 1.54) is 20.3 Å². The van der Waals surface area contributed by atoms with Crippen LogP contribution < -0.4 is 9.47 Å². The molecule has 2 rings (SSSR count). The van der Waals surface area contributed by atoms with Gasteiger partial charge in [0.2, 0.25) is 5.75 Å². The number of methoxy groups -OCH3 is 2. The minimum absolute atomic E-state index is 0.0837. The van der Waals surface area contributed by atoms with Crippen molar-refractivity contribution in [3.05, 3.63) is 58.6 Å². The molecule has 0 aliphatic rings. The van der Waals surface area contributed by atoms with Crippen LogP contribution in [0.2, 0.25) is 5.02 Å². The van der Waals surface area contributed by atoms with Crippen LogP contribution in [-0.2, 0) is 0 Å². The summed E-state index contributed by atoms with van der Waals surface area (Å²) in [5.41, 5.74) is 1.09. The van der Waals surface area contributed by atoms with Crippen LogP contribution >= 0.6 is 11.6 Å². The van der Waals surface area contributed by atoms with Gasteiger partial charge in [-0.05, 0) is 35.9 Å². The molecule has 5 heteroatoms. The molecule has 22 heavy (non-hydrogen) atoms. The van der Waals surface area contributed by atoms with Gasteiger partial charge >= 0.3 is 0 Å². The molecule has 0 heterocycles. The molecule has 114 valence electrons. The topological polar surface area (TPSA) is 55.8 Å². The molecule has 0 saturated heterocycles. The molecule has 0 amide bonds. The molecule has 0 aliphatic heterocycles. The van der Waals surface area contributed by atoms with Crippen molar-refractivity contribution in [2.24, 2.45) is 0 Å². The Hall–Kier alpha value is -2.46. The Morgan fingerprint density at radius 2 is 1.73 bits per heavy atom.